The van der Waals surface area contributed by atoms with E-state index in [9.17, 15) is 5.11 Å². The van der Waals surface area contributed by atoms with E-state index in [4.69, 9.17) is 4.98 Å². The Hall–Kier alpha value is -1.82. The highest BCUT2D eigenvalue weighted by Crippen LogP contribution is 2.25. The molecule has 4 nitrogen and oxygen atoms in total. The fourth-order valence-electron chi connectivity index (χ4n) is 3.44. The van der Waals surface area contributed by atoms with Crippen molar-refractivity contribution in [2.24, 2.45) is 5.92 Å². The van der Waals surface area contributed by atoms with Crippen molar-refractivity contribution in [3.8, 4) is 0 Å². The van der Waals surface area contributed by atoms with E-state index in [2.05, 4.69) is 35.0 Å². The summed E-state index contributed by atoms with van der Waals surface area (Å²) < 4.78 is 0. The van der Waals surface area contributed by atoms with Gasteiger partial charge in [-0.25, -0.2) is 4.98 Å². The van der Waals surface area contributed by atoms with Gasteiger partial charge in [-0.3, -0.25) is 9.88 Å². The Morgan fingerprint density at radius 2 is 2.08 bits per heavy atom. The molecule has 1 aliphatic heterocycles. The lowest BCUT2D eigenvalue weighted by molar-refractivity contribution is 0.140. The number of aryl methyl sites for hydroxylation is 1. The van der Waals surface area contributed by atoms with Crippen molar-refractivity contribution in [3.05, 3.63) is 58.2 Å². The van der Waals surface area contributed by atoms with E-state index in [-0.39, 0.29) is 12.0 Å². The molecule has 0 radical (unpaired) electrons. The van der Waals surface area contributed by atoms with Crippen molar-refractivity contribution in [2.45, 2.75) is 26.0 Å². The molecule has 2 atom stereocenters. The summed E-state index contributed by atoms with van der Waals surface area (Å²) in [5, 5.41) is 11.6. The largest absolute Gasteiger partial charge is 0.391 e. The third-order valence-electron chi connectivity index (χ3n) is 4.82. The summed E-state index contributed by atoms with van der Waals surface area (Å²) in [6.45, 7) is 4.58. The number of hydrogen-bond acceptors (Lipinski definition) is 5. The minimum absolute atomic E-state index is 0.242. The maximum absolute atomic E-state index is 10.5. The number of pyridine rings is 1. The number of thiazole rings is 1. The minimum Gasteiger partial charge on any atom is -0.391 e. The van der Waals surface area contributed by atoms with Crippen LogP contribution < -0.4 is 0 Å². The molecule has 5 heteroatoms. The average Bonchev–Trinajstić information content (AvgIpc) is 3.14. The molecule has 1 fully saturated rings. The number of aromatic nitrogens is 2. The van der Waals surface area contributed by atoms with Gasteiger partial charge >= 0.3 is 0 Å². The Morgan fingerprint density at radius 3 is 2.92 bits per heavy atom. The topological polar surface area (TPSA) is 49.2 Å². The number of para-hydroxylation sites is 1. The molecule has 3 aromatic rings. The molecular weight excluding hydrogens is 318 g/mol. The molecule has 24 heavy (non-hydrogen) atoms. The second kappa shape index (κ2) is 6.59. The summed E-state index contributed by atoms with van der Waals surface area (Å²) >= 11 is 1.70. The van der Waals surface area contributed by atoms with E-state index in [1.54, 1.807) is 11.3 Å². The van der Waals surface area contributed by atoms with Crippen LogP contribution in [0.15, 0.2) is 41.9 Å². The molecule has 0 saturated carbocycles. The number of likely N-dealkylation sites (tertiary alicyclic amines) is 1. The predicted octanol–water partition coefficient (Wildman–Crippen LogP) is 3.04. The zero-order valence-corrected chi connectivity index (χ0v) is 14.5. The molecule has 1 aliphatic rings. The standard InChI is InChI=1S/C19H21N3OS/c1-13-19(24-12-20-13)11-22-9-15(18(23)10-22)8-16-7-6-14-4-2-3-5-17(14)21-16/h2-7,12,15,18,23H,8-11H2,1H3/t15-,18-/m1/s1. The number of benzene rings is 1. The molecule has 0 unspecified atom stereocenters. The SMILES string of the molecule is Cc1ncsc1CN1C[C@@H](Cc2ccc3ccccc3n2)[C@H](O)C1. The van der Waals surface area contributed by atoms with Crippen molar-refractivity contribution in [2.75, 3.05) is 13.1 Å². The van der Waals surface area contributed by atoms with Crippen LogP contribution in [0.3, 0.4) is 0 Å². The van der Waals surface area contributed by atoms with E-state index in [0.717, 1.165) is 48.3 Å². The monoisotopic (exact) mass is 339 g/mol. The van der Waals surface area contributed by atoms with Gasteiger partial charge in [0.1, 0.15) is 0 Å². The maximum atomic E-state index is 10.5. The van der Waals surface area contributed by atoms with Crippen LogP contribution >= 0.6 is 11.3 Å². The van der Waals surface area contributed by atoms with Gasteiger partial charge in [-0.1, -0.05) is 24.3 Å². The van der Waals surface area contributed by atoms with Crippen LogP contribution in [0.5, 0.6) is 0 Å². The Balaban J connectivity index is 1.45. The van der Waals surface area contributed by atoms with Gasteiger partial charge in [0.05, 0.1) is 22.8 Å². The summed E-state index contributed by atoms with van der Waals surface area (Å²) in [6.07, 6.45) is 0.538. The second-order valence-corrected chi connectivity index (χ2v) is 7.52. The molecule has 1 saturated heterocycles. The van der Waals surface area contributed by atoms with E-state index in [1.807, 2.05) is 23.7 Å². The number of β-amino-alcohol motifs (C(OH)–C–C–N with tert-alkyl or cyclic N) is 1. The number of hydrogen-bond donors (Lipinski definition) is 1. The average molecular weight is 339 g/mol. The predicted molar refractivity (Wildman–Crippen MR) is 97.1 cm³/mol. The van der Waals surface area contributed by atoms with Crippen molar-refractivity contribution in [3.63, 3.8) is 0 Å². The van der Waals surface area contributed by atoms with Crippen molar-refractivity contribution < 1.29 is 5.11 Å². The lowest BCUT2D eigenvalue weighted by atomic mass is 9.99. The Labute approximate surface area is 145 Å². The molecule has 0 bridgehead atoms. The van der Waals surface area contributed by atoms with E-state index < -0.39 is 0 Å². The van der Waals surface area contributed by atoms with Gasteiger partial charge in [-0.2, -0.15) is 0 Å². The smallest absolute Gasteiger partial charge is 0.0798 e. The highest BCUT2D eigenvalue weighted by atomic mass is 32.1. The number of aliphatic hydroxyl groups excluding tert-OH is 1. The number of rotatable bonds is 4. The van der Waals surface area contributed by atoms with Gasteiger partial charge < -0.3 is 5.11 Å². The van der Waals surface area contributed by atoms with Crippen LogP contribution in [0.1, 0.15) is 16.3 Å². The zero-order chi connectivity index (χ0) is 16.5. The van der Waals surface area contributed by atoms with Crippen LogP contribution in [-0.4, -0.2) is 39.2 Å². The molecule has 1 N–H and O–H groups in total. The number of nitrogens with zero attached hydrogens (tertiary/aromatic N) is 3. The van der Waals surface area contributed by atoms with E-state index in [1.165, 1.54) is 4.88 Å². The maximum Gasteiger partial charge on any atom is 0.0798 e. The molecule has 4 rings (SSSR count). The number of aliphatic hydroxyl groups is 1. The summed E-state index contributed by atoms with van der Waals surface area (Å²) in [5.74, 6) is 0.242. The number of fused-ring (bicyclic) bond motifs is 1. The molecule has 3 heterocycles. The third kappa shape index (κ3) is 3.20. The lowest BCUT2D eigenvalue weighted by Crippen LogP contribution is -2.21. The molecule has 2 aromatic heterocycles. The Morgan fingerprint density at radius 1 is 1.21 bits per heavy atom. The molecule has 124 valence electrons. The van der Waals surface area contributed by atoms with Crippen LogP contribution in [0.4, 0.5) is 0 Å². The van der Waals surface area contributed by atoms with E-state index in [0.29, 0.717) is 0 Å². The van der Waals surface area contributed by atoms with Gasteiger partial charge in [0.2, 0.25) is 0 Å². The first-order chi connectivity index (χ1) is 11.7. The van der Waals surface area contributed by atoms with Gasteiger partial charge in [0, 0.05) is 41.5 Å². The van der Waals surface area contributed by atoms with Gasteiger partial charge in [0.25, 0.3) is 0 Å². The first-order valence-electron chi connectivity index (χ1n) is 8.33. The fourth-order valence-corrected chi connectivity index (χ4v) is 4.26. The molecular formula is C19H21N3OS. The third-order valence-corrected chi connectivity index (χ3v) is 5.74. The lowest BCUT2D eigenvalue weighted by Gasteiger charge is -2.15. The molecule has 0 spiro atoms. The fraction of sp³-hybridized carbons (Fsp3) is 0.368. The summed E-state index contributed by atoms with van der Waals surface area (Å²) in [4.78, 5) is 12.7. The van der Waals surface area contributed by atoms with Gasteiger partial charge in [-0.15, -0.1) is 11.3 Å². The first kappa shape index (κ1) is 15.7. The summed E-state index contributed by atoms with van der Waals surface area (Å²) in [5.41, 5.74) is 5.09. The van der Waals surface area contributed by atoms with Crippen molar-refractivity contribution in [1.29, 1.82) is 0 Å². The first-order valence-corrected chi connectivity index (χ1v) is 9.21. The van der Waals surface area contributed by atoms with Crippen LogP contribution in [-0.2, 0) is 13.0 Å². The van der Waals surface area contributed by atoms with Crippen LogP contribution in [0.2, 0.25) is 0 Å². The quantitative estimate of drug-likeness (QED) is 0.794. The van der Waals surface area contributed by atoms with Crippen molar-refractivity contribution in [1.82, 2.24) is 14.9 Å². The van der Waals surface area contributed by atoms with Gasteiger partial charge in [-0.05, 0) is 25.5 Å². The summed E-state index contributed by atoms with van der Waals surface area (Å²) in [7, 11) is 0. The zero-order valence-electron chi connectivity index (χ0n) is 13.7. The molecule has 0 aliphatic carbocycles. The Bertz CT molecular complexity index is 847. The van der Waals surface area contributed by atoms with Gasteiger partial charge in [0.15, 0.2) is 0 Å². The van der Waals surface area contributed by atoms with Crippen molar-refractivity contribution >= 4 is 22.2 Å². The normalized spacial score (nSPS) is 21.6. The molecule has 0 amide bonds. The second-order valence-electron chi connectivity index (χ2n) is 6.58. The van der Waals surface area contributed by atoms with Crippen LogP contribution in [0, 0.1) is 12.8 Å². The molecule has 1 aromatic carbocycles. The minimum atomic E-state index is -0.286. The highest BCUT2D eigenvalue weighted by Gasteiger charge is 2.32. The van der Waals surface area contributed by atoms with Crippen LogP contribution in [0.25, 0.3) is 10.9 Å². The highest BCUT2D eigenvalue weighted by molar-refractivity contribution is 7.09. The summed E-state index contributed by atoms with van der Waals surface area (Å²) in [6, 6.07) is 12.4. The van der Waals surface area contributed by atoms with E-state index >= 15 is 0 Å². The Kier molecular flexibility index (Phi) is 4.31.